The summed E-state index contributed by atoms with van der Waals surface area (Å²) in [6.07, 6.45) is 3.53. The fourth-order valence-electron chi connectivity index (χ4n) is 6.93. The Labute approximate surface area is 287 Å². The number of pyridine rings is 1. The summed E-state index contributed by atoms with van der Waals surface area (Å²) in [4.78, 5) is 19.2. The van der Waals surface area contributed by atoms with Crippen molar-refractivity contribution < 1.29 is 4.42 Å². The molecule has 0 bridgehead atoms. The van der Waals surface area contributed by atoms with Crippen molar-refractivity contribution in [3.05, 3.63) is 164 Å². The van der Waals surface area contributed by atoms with E-state index in [2.05, 4.69) is 113 Å². The van der Waals surface area contributed by atoms with E-state index in [0.29, 0.717) is 17.5 Å². The Morgan fingerprint density at radius 3 is 1.80 bits per heavy atom. The number of nitrogens with zero attached hydrogens (tertiary/aromatic N) is 5. The number of benzene rings is 6. The van der Waals surface area contributed by atoms with E-state index in [4.69, 9.17) is 19.4 Å². The topological polar surface area (TPSA) is 69.6 Å². The molecule has 10 rings (SSSR count). The van der Waals surface area contributed by atoms with E-state index in [1.54, 1.807) is 12.4 Å². The highest BCUT2D eigenvalue weighted by molar-refractivity contribution is 6.17. The molecule has 6 nitrogen and oxygen atoms in total. The summed E-state index contributed by atoms with van der Waals surface area (Å²) in [7, 11) is 0. The first-order valence-corrected chi connectivity index (χ1v) is 16.5. The van der Waals surface area contributed by atoms with Crippen molar-refractivity contribution >= 4 is 43.7 Å². The van der Waals surface area contributed by atoms with Crippen LogP contribution < -0.4 is 0 Å². The normalized spacial score (nSPS) is 11.6. The lowest BCUT2D eigenvalue weighted by atomic mass is 10.0. The molecule has 4 heterocycles. The summed E-state index contributed by atoms with van der Waals surface area (Å²) in [5.41, 5.74) is 9.91. The van der Waals surface area contributed by atoms with Gasteiger partial charge in [0, 0.05) is 62.4 Å². The van der Waals surface area contributed by atoms with Gasteiger partial charge < -0.3 is 8.98 Å². The fraction of sp³-hybridized carbons (Fsp3) is 0. The van der Waals surface area contributed by atoms with E-state index in [9.17, 15) is 0 Å². The van der Waals surface area contributed by atoms with Gasteiger partial charge in [0.15, 0.2) is 17.5 Å². The molecular weight excluding hydrogens is 615 g/mol. The van der Waals surface area contributed by atoms with Gasteiger partial charge in [0.1, 0.15) is 11.2 Å². The Morgan fingerprint density at radius 1 is 0.400 bits per heavy atom. The molecule has 0 saturated heterocycles. The number of aromatic nitrogens is 5. The van der Waals surface area contributed by atoms with Gasteiger partial charge in [-0.3, -0.25) is 4.98 Å². The largest absolute Gasteiger partial charge is 0.456 e. The first-order chi connectivity index (χ1) is 24.8. The molecule has 0 radical (unpaired) electrons. The highest BCUT2D eigenvalue weighted by Crippen LogP contribution is 2.39. The molecule has 234 valence electrons. The van der Waals surface area contributed by atoms with Crippen LogP contribution in [0.1, 0.15) is 0 Å². The summed E-state index contributed by atoms with van der Waals surface area (Å²) in [6, 6.07) is 52.2. The summed E-state index contributed by atoms with van der Waals surface area (Å²) >= 11 is 0. The third-order valence-corrected chi connectivity index (χ3v) is 9.34. The highest BCUT2D eigenvalue weighted by Gasteiger charge is 2.18. The van der Waals surface area contributed by atoms with Gasteiger partial charge in [0.05, 0.1) is 11.0 Å². The van der Waals surface area contributed by atoms with Crippen LogP contribution in [-0.2, 0) is 0 Å². The van der Waals surface area contributed by atoms with Crippen LogP contribution in [-0.4, -0.2) is 24.5 Å². The van der Waals surface area contributed by atoms with E-state index in [1.807, 2.05) is 48.5 Å². The van der Waals surface area contributed by atoms with E-state index in [0.717, 1.165) is 66.5 Å². The van der Waals surface area contributed by atoms with Crippen LogP contribution in [0.25, 0.3) is 94.7 Å². The lowest BCUT2D eigenvalue weighted by Crippen LogP contribution is -2.00. The van der Waals surface area contributed by atoms with E-state index >= 15 is 0 Å². The van der Waals surface area contributed by atoms with Crippen molar-refractivity contribution in [2.45, 2.75) is 0 Å². The van der Waals surface area contributed by atoms with Gasteiger partial charge in [-0.2, -0.15) is 0 Å². The van der Waals surface area contributed by atoms with E-state index in [-0.39, 0.29) is 0 Å². The maximum atomic E-state index is 6.50. The molecule has 0 saturated carbocycles. The van der Waals surface area contributed by atoms with Crippen molar-refractivity contribution in [2.75, 3.05) is 0 Å². The Hall–Kier alpha value is -6.92. The molecule has 0 N–H and O–H groups in total. The molecule has 0 spiro atoms. The smallest absolute Gasteiger partial charge is 0.165 e. The van der Waals surface area contributed by atoms with Crippen LogP contribution in [0.5, 0.6) is 0 Å². The van der Waals surface area contributed by atoms with Crippen molar-refractivity contribution in [3.8, 4) is 51.0 Å². The van der Waals surface area contributed by atoms with Crippen molar-refractivity contribution in [1.29, 1.82) is 0 Å². The lowest BCUT2D eigenvalue weighted by Gasteiger charge is -2.09. The monoisotopic (exact) mass is 641 g/mol. The maximum absolute atomic E-state index is 6.50. The van der Waals surface area contributed by atoms with E-state index < -0.39 is 0 Å². The highest BCUT2D eigenvalue weighted by atomic mass is 16.3. The van der Waals surface area contributed by atoms with E-state index in [1.165, 1.54) is 10.8 Å². The molecule has 0 fully saturated rings. The van der Waals surface area contributed by atoms with Gasteiger partial charge in [0.25, 0.3) is 0 Å². The minimum atomic E-state index is 0.567. The number of para-hydroxylation sites is 2. The number of furan rings is 1. The van der Waals surface area contributed by atoms with Crippen molar-refractivity contribution in [3.63, 3.8) is 0 Å². The quantitative estimate of drug-likeness (QED) is 0.187. The van der Waals surface area contributed by atoms with Crippen molar-refractivity contribution in [1.82, 2.24) is 24.5 Å². The third-order valence-electron chi connectivity index (χ3n) is 9.34. The lowest BCUT2D eigenvalue weighted by molar-refractivity contribution is 0.669. The minimum Gasteiger partial charge on any atom is -0.456 e. The zero-order chi connectivity index (χ0) is 33.0. The zero-order valence-electron chi connectivity index (χ0n) is 26.7. The second kappa shape index (κ2) is 11.4. The molecule has 0 aliphatic heterocycles. The van der Waals surface area contributed by atoms with Crippen LogP contribution in [0.3, 0.4) is 0 Å². The Morgan fingerprint density at radius 2 is 1.02 bits per heavy atom. The molecule has 0 amide bonds. The Kier molecular flexibility index (Phi) is 6.39. The molecule has 0 unspecified atom stereocenters. The van der Waals surface area contributed by atoms with Crippen LogP contribution in [0.15, 0.2) is 168 Å². The molecule has 0 aliphatic carbocycles. The molecular formula is C44H27N5O. The zero-order valence-corrected chi connectivity index (χ0v) is 26.7. The summed E-state index contributed by atoms with van der Waals surface area (Å²) in [5.74, 6) is 1.75. The molecule has 10 aromatic rings. The number of rotatable bonds is 5. The number of hydrogen-bond donors (Lipinski definition) is 0. The second-order valence-electron chi connectivity index (χ2n) is 12.4. The van der Waals surface area contributed by atoms with Gasteiger partial charge in [-0.1, -0.05) is 91.0 Å². The molecule has 0 atom stereocenters. The molecule has 6 heteroatoms. The average Bonchev–Trinajstić information content (AvgIpc) is 3.72. The number of fused-ring (bicyclic) bond motifs is 6. The van der Waals surface area contributed by atoms with Crippen LogP contribution in [0, 0.1) is 0 Å². The van der Waals surface area contributed by atoms with Crippen LogP contribution >= 0.6 is 0 Å². The minimum absolute atomic E-state index is 0.567. The van der Waals surface area contributed by atoms with Crippen molar-refractivity contribution in [2.24, 2.45) is 0 Å². The second-order valence-corrected chi connectivity index (χ2v) is 12.4. The molecule has 0 aliphatic rings. The molecule has 6 aromatic carbocycles. The summed E-state index contributed by atoms with van der Waals surface area (Å²) in [6.45, 7) is 0. The first-order valence-electron chi connectivity index (χ1n) is 16.5. The average molecular weight is 642 g/mol. The first kappa shape index (κ1) is 28.1. The Balaban J connectivity index is 1.14. The standard InChI is InChI=1S/C44H27N5O/c1-3-10-28(11-4-1)29-17-19-30(20-18-29)42-46-43(48-44(47-42)32-12-9-23-45-27-32)31-21-22-40-36(24-31)37-25-35-34-15-7-8-16-38(34)49(33-13-5-2-6-14-33)39(35)26-41(37)50-40/h1-27H. The van der Waals surface area contributed by atoms with Gasteiger partial charge in [-0.25, -0.2) is 15.0 Å². The predicted molar refractivity (Wildman–Crippen MR) is 201 cm³/mol. The van der Waals surface area contributed by atoms with Gasteiger partial charge in [0.2, 0.25) is 0 Å². The van der Waals surface area contributed by atoms with Crippen LogP contribution in [0.2, 0.25) is 0 Å². The SMILES string of the molecule is c1ccc(-c2ccc(-c3nc(-c4cccnc4)nc(-c4ccc5oc6cc7c(cc6c5c4)c4ccccc4n7-c4ccccc4)n3)cc2)cc1. The van der Waals surface area contributed by atoms with Gasteiger partial charge in [-0.15, -0.1) is 0 Å². The Bertz CT molecular complexity index is 2840. The molecule has 4 aromatic heterocycles. The third kappa shape index (κ3) is 4.65. The summed E-state index contributed by atoms with van der Waals surface area (Å²) in [5, 5.41) is 4.42. The number of hydrogen-bond acceptors (Lipinski definition) is 5. The van der Waals surface area contributed by atoms with Gasteiger partial charge in [-0.05, 0) is 65.7 Å². The van der Waals surface area contributed by atoms with Crippen LogP contribution in [0.4, 0.5) is 0 Å². The fourth-order valence-corrected chi connectivity index (χ4v) is 6.93. The maximum Gasteiger partial charge on any atom is 0.165 e. The predicted octanol–water partition coefficient (Wildman–Crippen LogP) is 10.9. The summed E-state index contributed by atoms with van der Waals surface area (Å²) < 4.78 is 8.80. The molecule has 50 heavy (non-hydrogen) atoms. The van der Waals surface area contributed by atoms with Gasteiger partial charge >= 0.3 is 0 Å².